The summed E-state index contributed by atoms with van der Waals surface area (Å²) in [6, 6.07) is 3.60. The smallest absolute Gasteiger partial charge is 0.309 e. The second-order valence-electron chi connectivity index (χ2n) is 11.0. The van der Waals surface area contributed by atoms with Crippen LogP contribution in [0.3, 0.4) is 0 Å². The number of methoxy groups -OCH3 is 1. The Morgan fingerprint density at radius 1 is 1.22 bits per heavy atom. The van der Waals surface area contributed by atoms with Crippen molar-refractivity contribution in [2.24, 2.45) is 28.8 Å². The van der Waals surface area contributed by atoms with E-state index in [2.05, 4.69) is 35.3 Å². The number of carbonyl (C=O) groups excluding carboxylic acids is 2. The molecule has 4 atom stereocenters. The number of esters is 1. The van der Waals surface area contributed by atoms with Crippen LogP contribution in [0.1, 0.15) is 70.9 Å². The van der Waals surface area contributed by atoms with Crippen molar-refractivity contribution in [2.45, 2.75) is 84.8 Å². The molecule has 37 heavy (non-hydrogen) atoms. The van der Waals surface area contributed by atoms with E-state index in [1.165, 1.54) is 11.1 Å². The van der Waals surface area contributed by atoms with E-state index in [0.29, 0.717) is 37.5 Å². The van der Waals surface area contributed by atoms with Crippen molar-refractivity contribution in [3.63, 3.8) is 0 Å². The summed E-state index contributed by atoms with van der Waals surface area (Å²) in [5.41, 5.74) is 12.4. The number of ether oxygens (including phenoxy) is 3. The van der Waals surface area contributed by atoms with E-state index in [-0.39, 0.29) is 42.0 Å². The third-order valence-electron chi connectivity index (χ3n) is 7.64. The van der Waals surface area contributed by atoms with Crippen molar-refractivity contribution >= 4 is 17.6 Å². The lowest BCUT2D eigenvalue weighted by Crippen LogP contribution is -2.30. The molecule has 0 unspecified atom stereocenters. The van der Waals surface area contributed by atoms with E-state index in [9.17, 15) is 15.1 Å². The van der Waals surface area contributed by atoms with E-state index < -0.39 is 12.1 Å². The first-order valence-electron chi connectivity index (χ1n) is 13.6. The SMILES string of the molecule is COCCCOc1cc2c(cc1NC(=O)C[C@@H](C[C@H](N=[N+]=[N-])[C@@H]1C[C@@H](C(C)C)C(=O)O1)C(C)C)CCC2. The number of anilines is 1. The predicted molar refractivity (Wildman–Crippen MR) is 142 cm³/mol. The molecule has 0 radical (unpaired) electrons. The first-order valence-corrected chi connectivity index (χ1v) is 13.6. The van der Waals surface area contributed by atoms with Crippen LogP contribution < -0.4 is 10.1 Å². The van der Waals surface area contributed by atoms with Gasteiger partial charge >= 0.3 is 5.97 Å². The maximum atomic E-state index is 13.2. The van der Waals surface area contributed by atoms with Gasteiger partial charge in [0.05, 0.1) is 24.3 Å². The lowest BCUT2D eigenvalue weighted by molar-refractivity contribution is -0.146. The molecular formula is C28H42N4O5. The zero-order valence-corrected chi connectivity index (χ0v) is 22.9. The molecule has 2 aliphatic rings. The number of carbonyl (C=O) groups is 2. The molecule has 3 rings (SSSR count). The number of nitrogens with zero attached hydrogens (tertiary/aromatic N) is 3. The van der Waals surface area contributed by atoms with Gasteiger partial charge in [0.15, 0.2) is 0 Å². The first kappa shape index (κ1) is 28.8. The summed E-state index contributed by atoms with van der Waals surface area (Å²) in [7, 11) is 1.66. The molecular weight excluding hydrogens is 472 g/mol. The van der Waals surface area contributed by atoms with Crippen molar-refractivity contribution in [3.8, 4) is 5.75 Å². The van der Waals surface area contributed by atoms with Gasteiger partial charge in [0.2, 0.25) is 5.91 Å². The summed E-state index contributed by atoms with van der Waals surface area (Å²) in [6.07, 6.45) is 4.72. The third kappa shape index (κ3) is 7.86. The normalized spacial score (nSPS) is 20.4. The fraction of sp³-hybridized carbons (Fsp3) is 0.714. The minimum atomic E-state index is -0.502. The number of hydrogen-bond donors (Lipinski definition) is 1. The number of cyclic esters (lactones) is 1. The van der Waals surface area contributed by atoms with Crippen LogP contribution >= 0.6 is 0 Å². The van der Waals surface area contributed by atoms with E-state index in [4.69, 9.17) is 14.2 Å². The molecule has 9 heteroatoms. The van der Waals surface area contributed by atoms with Crippen molar-refractivity contribution in [3.05, 3.63) is 33.7 Å². The van der Waals surface area contributed by atoms with Gasteiger partial charge in [-0.25, -0.2) is 0 Å². The fourth-order valence-corrected chi connectivity index (χ4v) is 5.30. The zero-order chi connectivity index (χ0) is 26.9. The molecule has 0 bridgehead atoms. The minimum absolute atomic E-state index is 0.0483. The van der Waals surface area contributed by atoms with Crippen molar-refractivity contribution in [1.82, 2.24) is 0 Å². The Morgan fingerprint density at radius 2 is 1.95 bits per heavy atom. The lowest BCUT2D eigenvalue weighted by atomic mass is 9.83. The highest BCUT2D eigenvalue weighted by atomic mass is 16.6. The summed E-state index contributed by atoms with van der Waals surface area (Å²) in [5, 5.41) is 7.08. The Labute approximate surface area is 220 Å². The molecule has 204 valence electrons. The summed E-state index contributed by atoms with van der Waals surface area (Å²) in [5.74, 6) is 0.445. The van der Waals surface area contributed by atoms with Crippen LogP contribution in [0.25, 0.3) is 10.4 Å². The van der Waals surface area contributed by atoms with Gasteiger partial charge in [-0.3, -0.25) is 9.59 Å². The minimum Gasteiger partial charge on any atom is -0.491 e. The molecule has 0 spiro atoms. The van der Waals surface area contributed by atoms with Crippen LogP contribution in [0.5, 0.6) is 5.75 Å². The van der Waals surface area contributed by atoms with Crippen molar-refractivity contribution < 1.29 is 23.8 Å². The molecule has 1 aromatic carbocycles. The average molecular weight is 515 g/mol. The summed E-state index contributed by atoms with van der Waals surface area (Å²) >= 11 is 0. The quantitative estimate of drug-likeness (QED) is 0.110. The maximum Gasteiger partial charge on any atom is 0.309 e. The van der Waals surface area contributed by atoms with Crippen LogP contribution in [0, 0.1) is 23.7 Å². The molecule has 9 nitrogen and oxygen atoms in total. The molecule has 1 N–H and O–H groups in total. The third-order valence-corrected chi connectivity index (χ3v) is 7.64. The van der Waals surface area contributed by atoms with Gasteiger partial charge in [0.25, 0.3) is 0 Å². The van der Waals surface area contributed by atoms with Crippen molar-refractivity contribution in [1.29, 1.82) is 0 Å². The van der Waals surface area contributed by atoms with Gasteiger partial charge < -0.3 is 19.5 Å². The molecule has 1 amide bonds. The summed E-state index contributed by atoms with van der Waals surface area (Å²) < 4.78 is 16.8. The lowest BCUT2D eigenvalue weighted by Gasteiger charge is -2.26. The standard InChI is InChI=1S/C28H42N4O5/c1-17(2)21(13-24(31-32-29)26-16-22(18(3)4)28(34)37-26)15-27(33)30-23-12-19-8-6-9-20(19)14-25(23)36-11-7-10-35-5/h12,14,17-18,21-22,24,26H,6-11,13,15-16H2,1-5H3,(H,30,33)/t21-,22+,24+,26+/m1/s1. The van der Waals surface area contributed by atoms with E-state index in [1.807, 2.05) is 19.9 Å². The number of azide groups is 1. The number of amides is 1. The second kappa shape index (κ2) is 13.7. The molecule has 1 aliphatic heterocycles. The Hall–Kier alpha value is -2.77. The fourth-order valence-electron chi connectivity index (χ4n) is 5.30. The molecule has 0 aromatic heterocycles. The van der Waals surface area contributed by atoms with Gasteiger partial charge in [-0.15, -0.1) is 0 Å². The summed E-state index contributed by atoms with van der Waals surface area (Å²) in [6.45, 7) is 9.23. The second-order valence-corrected chi connectivity index (χ2v) is 11.0. The first-order chi connectivity index (χ1) is 17.7. The molecule has 1 aliphatic carbocycles. The van der Waals surface area contributed by atoms with Crippen molar-refractivity contribution in [2.75, 3.05) is 25.6 Å². The zero-order valence-electron chi connectivity index (χ0n) is 22.9. The number of hydrogen-bond acceptors (Lipinski definition) is 6. The highest BCUT2D eigenvalue weighted by Gasteiger charge is 2.41. The van der Waals surface area contributed by atoms with Crippen LogP contribution in [-0.2, 0) is 31.9 Å². The van der Waals surface area contributed by atoms with Gasteiger partial charge in [0, 0.05) is 31.5 Å². The van der Waals surface area contributed by atoms with Crippen LogP contribution in [0.15, 0.2) is 17.2 Å². The van der Waals surface area contributed by atoms with Crippen LogP contribution in [-0.4, -0.2) is 44.3 Å². The number of aryl methyl sites for hydroxylation is 2. The highest BCUT2D eigenvalue weighted by Crippen LogP contribution is 2.36. The highest BCUT2D eigenvalue weighted by molar-refractivity contribution is 5.92. The van der Waals surface area contributed by atoms with Gasteiger partial charge in [0.1, 0.15) is 11.9 Å². The number of fused-ring (bicyclic) bond motifs is 1. The number of benzene rings is 1. The topological polar surface area (TPSA) is 123 Å². The maximum absolute atomic E-state index is 13.2. The Morgan fingerprint density at radius 3 is 2.57 bits per heavy atom. The number of rotatable bonds is 14. The monoisotopic (exact) mass is 514 g/mol. The Balaban J connectivity index is 1.69. The predicted octanol–water partition coefficient (Wildman–Crippen LogP) is 5.85. The van der Waals surface area contributed by atoms with Gasteiger partial charge in [-0.05, 0) is 78.6 Å². The molecule has 1 fully saturated rings. The molecule has 1 aromatic rings. The largest absolute Gasteiger partial charge is 0.491 e. The van der Waals surface area contributed by atoms with Gasteiger partial charge in [-0.2, -0.15) is 0 Å². The number of nitrogens with one attached hydrogen (secondary N) is 1. The van der Waals surface area contributed by atoms with Crippen LogP contribution in [0.2, 0.25) is 0 Å². The van der Waals surface area contributed by atoms with E-state index in [1.54, 1.807) is 7.11 Å². The molecule has 1 heterocycles. The molecule has 0 saturated carbocycles. The van der Waals surface area contributed by atoms with Crippen LogP contribution in [0.4, 0.5) is 5.69 Å². The Bertz CT molecular complexity index is 989. The van der Waals surface area contributed by atoms with E-state index >= 15 is 0 Å². The Kier molecular flexibility index (Phi) is 10.6. The van der Waals surface area contributed by atoms with Gasteiger partial charge in [-0.1, -0.05) is 32.8 Å². The average Bonchev–Trinajstić information content (AvgIpc) is 3.46. The summed E-state index contributed by atoms with van der Waals surface area (Å²) in [4.78, 5) is 28.6. The van der Waals surface area contributed by atoms with E-state index in [0.717, 1.165) is 25.7 Å². The molecule has 1 saturated heterocycles.